The third-order valence-electron chi connectivity index (χ3n) is 5.39. The smallest absolute Gasteiger partial charge is 0.251 e. The fourth-order valence-corrected chi connectivity index (χ4v) is 3.36. The molecule has 30 heavy (non-hydrogen) atoms. The Hall–Kier alpha value is -3.54. The maximum Gasteiger partial charge on any atom is 0.251 e. The van der Waals surface area contributed by atoms with Gasteiger partial charge in [-0.3, -0.25) is 14.4 Å². The van der Waals surface area contributed by atoms with Crippen LogP contribution in [0.25, 0.3) is 0 Å². The number of ketones is 2. The standard InChI is InChI=1S/C24H23N3O3/c1-15-8-9-17(24(30)26-19-10-11-19)12-18(15)13-21(28)20-14-25-23(27(20)2)22(29)16-6-4-3-5-7-16/h3-9,12,14,19H,10-11,13H2,1-2H3,(H,26,30). The summed E-state index contributed by atoms with van der Waals surface area (Å²) in [5.74, 6) is -0.270. The molecule has 0 unspecified atom stereocenters. The Kier molecular flexibility index (Phi) is 5.31. The lowest BCUT2D eigenvalue weighted by Gasteiger charge is -2.10. The fraction of sp³-hybridized carbons (Fsp3) is 0.250. The van der Waals surface area contributed by atoms with Crippen molar-refractivity contribution in [1.29, 1.82) is 0 Å². The molecule has 1 fully saturated rings. The molecule has 1 amide bonds. The van der Waals surface area contributed by atoms with Crippen LogP contribution in [0.5, 0.6) is 0 Å². The monoisotopic (exact) mass is 401 g/mol. The van der Waals surface area contributed by atoms with Gasteiger partial charge in [0.15, 0.2) is 11.6 Å². The van der Waals surface area contributed by atoms with Crippen LogP contribution >= 0.6 is 0 Å². The fourth-order valence-electron chi connectivity index (χ4n) is 3.36. The molecule has 1 aromatic heterocycles. The van der Waals surface area contributed by atoms with Gasteiger partial charge in [0.25, 0.3) is 5.91 Å². The molecule has 1 heterocycles. The number of rotatable bonds is 7. The lowest BCUT2D eigenvalue weighted by atomic mass is 9.99. The Bertz CT molecular complexity index is 1130. The third-order valence-corrected chi connectivity index (χ3v) is 5.39. The maximum atomic E-state index is 13.0. The van der Waals surface area contributed by atoms with Crippen molar-refractivity contribution in [1.82, 2.24) is 14.9 Å². The zero-order valence-electron chi connectivity index (χ0n) is 17.0. The zero-order valence-corrected chi connectivity index (χ0v) is 17.0. The summed E-state index contributed by atoms with van der Waals surface area (Å²) in [5.41, 5.74) is 3.17. The number of carbonyl (C=O) groups is 3. The quantitative estimate of drug-likeness (QED) is 0.616. The van der Waals surface area contributed by atoms with E-state index in [1.54, 1.807) is 43.4 Å². The number of hydrogen-bond acceptors (Lipinski definition) is 4. The van der Waals surface area contributed by atoms with Crippen molar-refractivity contribution in [3.63, 3.8) is 0 Å². The summed E-state index contributed by atoms with van der Waals surface area (Å²) in [6.45, 7) is 1.92. The van der Waals surface area contributed by atoms with Crippen LogP contribution in [0, 0.1) is 6.92 Å². The van der Waals surface area contributed by atoms with Gasteiger partial charge in [-0.15, -0.1) is 0 Å². The summed E-state index contributed by atoms with van der Waals surface area (Å²) < 4.78 is 1.54. The van der Waals surface area contributed by atoms with Gasteiger partial charge in [0, 0.05) is 30.6 Å². The summed E-state index contributed by atoms with van der Waals surface area (Å²) in [6, 6.07) is 14.6. The molecule has 0 spiro atoms. The van der Waals surface area contributed by atoms with Crippen LogP contribution in [0.1, 0.15) is 61.0 Å². The summed E-state index contributed by atoms with van der Waals surface area (Å²) in [7, 11) is 1.67. The van der Waals surface area contributed by atoms with Crippen LogP contribution in [-0.4, -0.2) is 33.1 Å². The first-order valence-corrected chi connectivity index (χ1v) is 9.99. The van der Waals surface area contributed by atoms with Gasteiger partial charge in [-0.05, 0) is 43.0 Å². The van der Waals surface area contributed by atoms with Gasteiger partial charge in [0.1, 0.15) is 5.69 Å². The predicted octanol–water partition coefficient (Wildman–Crippen LogP) is 3.28. The number of Topliss-reactive ketones (excluding diaryl/α,β-unsaturated/α-hetero) is 1. The summed E-state index contributed by atoms with van der Waals surface area (Å²) >= 11 is 0. The number of nitrogens with zero attached hydrogens (tertiary/aromatic N) is 2. The van der Waals surface area contributed by atoms with Crippen LogP contribution < -0.4 is 5.32 Å². The van der Waals surface area contributed by atoms with Crippen LogP contribution in [0.4, 0.5) is 0 Å². The van der Waals surface area contributed by atoms with E-state index in [0.717, 1.165) is 24.0 Å². The summed E-state index contributed by atoms with van der Waals surface area (Å²) in [5, 5.41) is 2.97. The second-order valence-electron chi connectivity index (χ2n) is 7.71. The molecular formula is C24H23N3O3. The molecule has 0 saturated heterocycles. The van der Waals surface area contributed by atoms with Gasteiger partial charge < -0.3 is 9.88 Å². The third kappa shape index (κ3) is 4.08. The van der Waals surface area contributed by atoms with Gasteiger partial charge in [-0.1, -0.05) is 36.4 Å². The van der Waals surface area contributed by atoms with Crippen LogP contribution in [-0.2, 0) is 13.5 Å². The van der Waals surface area contributed by atoms with E-state index in [1.165, 1.54) is 10.8 Å². The summed E-state index contributed by atoms with van der Waals surface area (Å²) in [4.78, 5) is 42.2. The molecule has 2 aromatic carbocycles. The number of aromatic nitrogens is 2. The predicted molar refractivity (Wildman–Crippen MR) is 113 cm³/mol. The molecule has 0 bridgehead atoms. The van der Waals surface area contributed by atoms with Crippen molar-refractivity contribution < 1.29 is 14.4 Å². The first-order valence-electron chi connectivity index (χ1n) is 9.99. The number of aryl methyl sites for hydroxylation is 1. The number of nitrogens with one attached hydrogen (secondary N) is 1. The lowest BCUT2D eigenvalue weighted by Crippen LogP contribution is -2.25. The number of hydrogen-bond donors (Lipinski definition) is 1. The van der Waals surface area contributed by atoms with Gasteiger partial charge in [-0.25, -0.2) is 4.98 Å². The van der Waals surface area contributed by atoms with E-state index in [2.05, 4.69) is 10.3 Å². The minimum absolute atomic E-state index is 0.109. The van der Waals surface area contributed by atoms with E-state index in [4.69, 9.17) is 0 Å². The molecule has 4 rings (SSSR count). The van der Waals surface area contributed by atoms with Crippen molar-refractivity contribution in [2.24, 2.45) is 7.05 Å². The highest BCUT2D eigenvalue weighted by Gasteiger charge is 2.24. The van der Waals surface area contributed by atoms with Gasteiger partial charge in [0.2, 0.25) is 5.78 Å². The van der Waals surface area contributed by atoms with E-state index in [0.29, 0.717) is 16.8 Å². The molecule has 1 saturated carbocycles. The summed E-state index contributed by atoms with van der Waals surface area (Å²) in [6.07, 6.45) is 3.62. The van der Waals surface area contributed by atoms with E-state index in [-0.39, 0.29) is 35.8 Å². The minimum Gasteiger partial charge on any atom is -0.349 e. The SMILES string of the molecule is Cc1ccc(C(=O)NC2CC2)cc1CC(=O)c1cnc(C(=O)c2ccccc2)n1C. The second kappa shape index (κ2) is 8.06. The number of benzene rings is 2. The molecule has 1 N–H and O–H groups in total. The largest absolute Gasteiger partial charge is 0.349 e. The van der Waals surface area contributed by atoms with E-state index >= 15 is 0 Å². The molecule has 0 aliphatic heterocycles. The lowest BCUT2D eigenvalue weighted by molar-refractivity contribution is 0.0946. The normalized spacial score (nSPS) is 13.1. The van der Waals surface area contributed by atoms with Crippen molar-refractivity contribution in [3.05, 3.63) is 88.5 Å². The van der Waals surface area contributed by atoms with Gasteiger partial charge in [-0.2, -0.15) is 0 Å². The average molecular weight is 401 g/mol. The highest BCUT2D eigenvalue weighted by Crippen LogP contribution is 2.21. The molecule has 152 valence electrons. The number of imidazole rings is 1. The number of amides is 1. The van der Waals surface area contributed by atoms with Crippen molar-refractivity contribution in [2.45, 2.75) is 32.2 Å². The Labute approximate surface area is 174 Å². The Balaban J connectivity index is 1.54. The molecule has 3 aromatic rings. The van der Waals surface area contributed by atoms with Gasteiger partial charge in [0.05, 0.1) is 6.20 Å². The molecular weight excluding hydrogens is 378 g/mol. The number of carbonyl (C=O) groups excluding carboxylic acids is 3. The molecule has 1 aliphatic rings. The highest BCUT2D eigenvalue weighted by molar-refractivity contribution is 6.08. The van der Waals surface area contributed by atoms with E-state index in [9.17, 15) is 14.4 Å². The van der Waals surface area contributed by atoms with E-state index in [1.807, 2.05) is 19.1 Å². The minimum atomic E-state index is -0.230. The molecule has 1 aliphatic carbocycles. The van der Waals surface area contributed by atoms with Crippen LogP contribution in [0.2, 0.25) is 0 Å². The maximum absolute atomic E-state index is 13.0. The van der Waals surface area contributed by atoms with Crippen molar-refractivity contribution in [3.8, 4) is 0 Å². The highest BCUT2D eigenvalue weighted by atomic mass is 16.2. The topological polar surface area (TPSA) is 81.1 Å². The Morgan fingerprint density at radius 1 is 1.07 bits per heavy atom. The second-order valence-corrected chi connectivity index (χ2v) is 7.71. The van der Waals surface area contributed by atoms with E-state index < -0.39 is 0 Å². The zero-order chi connectivity index (χ0) is 21.3. The van der Waals surface area contributed by atoms with Crippen molar-refractivity contribution in [2.75, 3.05) is 0 Å². The average Bonchev–Trinajstić information content (AvgIpc) is 3.48. The molecule has 6 nitrogen and oxygen atoms in total. The molecule has 6 heteroatoms. The molecule has 0 atom stereocenters. The first-order chi connectivity index (χ1) is 14.4. The van der Waals surface area contributed by atoms with Crippen molar-refractivity contribution >= 4 is 17.5 Å². The van der Waals surface area contributed by atoms with Gasteiger partial charge >= 0.3 is 0 Å². The molecule has 0 radical (unpaired) electrons. The Morgan fingerprint density at radius 3 is 2.50 bits per heavy atom. The van der Waals surface area contributed by atoms with Crippen LogP contribution in [0.15, 0.2) is 54.7 Å². The Morgan fingerprint density at radius 2 is 1.80 bits per heavy atom. The first kappa shape index (κ1) is 19.8. The van der Waals surface area contributed by atoms with Crippen LogP contribution in [0.3, 0.4) is 0 Å².